The minimum Gasteiger partial charge on any atom is -0.497 e. The molecule has 2 N–H and O–H groups in total. The molecule has 24 heavy (non-hydrogen) atoms. The van der Waals surface area contributed by atoms with Gasteiger partial charge in [0, 0.05) is 12.5 Å². The molecule has 0 aromatic heterocycles. The van der Waals surface area contributed by atoms with Crippen molar-refractivity contribution >= 4 is 24.0 Å². The average Bonchev–Trinajstić information content (AvgIpc) is 2.55. The third-order valence-electron chi connectivity index (χ3n) is 3.92. The Morgan fingerprint density at radius 2 is 2.08 bits per heavy atom. The van der Waals surface area contributed by atoms with Crippen LogP contribution >= 0.6 is 12.4 Å². The lowest BCUT2D eigenvalue weighted by atomic mass is 9.93. The van der Waals surface area contributed by atoms with Crippen LogP contribution in [0, 0.1) is 5.92 Å². The summed E-state index contributed by atoms with van der Waals surface area (Å²) in [4.78, 5) is 12.1. The molecule has 5 nitrogen and oxygen atoms in total. The Hall–Kier alpha value is -1.60. The maximum absolute atomic E-state index is 12.4. The predicted molar refractivity (Wildman–Crippen MR) is 90.3 cm³/mol. The van der Waals surface area contributed by atoms with Crippen LogP contribution in [-0.2, 0) is 4.79 Å². The maximum atomic E-state index is 12.4. The summed E-state index contributed by atoms with van der Waals surface area (Å²) >= 11 is 0. The second-order valence-electron chi connectivity index (χ2n) is 5.52. The number of methoxy groups -OCH3 is 1. The van der Waals surface area contributed by atoms with Crippen LogP contribution in [0.25, 0.3) is 0 Å². The Kier molecular flexibility index (Phi) is 8.78. The topological polar surface area (TPSA) is 59.6 Å². The summed E-state index contributed by atoms with van der Waals surface area (Å²) in [6.45, 7) is -0.989. The number of piperidine rings is 1. The lowest BCUT2D eigenvalue weighted by Crippen LogP contribution is -2.28. The number of benzene rings is 1. The summed E-state index contributed by atoms with van der Waals surface area (Å²) in [7, 11) is 1.46. The van der Waals surface area contributed by atoms with Crippen LogP contribution in [0.1, 0.15) is 25.7 Å². The lowest BCUT2D eigenvalue weighted by molar-refractivity contribution is -0.116. The van der Waals surface area contributed by atoms with Gasteiger partial charge in [-0.25, -0.2) is 0 Å². The highest BCUT2D eigenvalue weighted by atomic mass is 35.5. The van der Waals surface area contributed by atoms with Gasteiger partial charge in [0.25, 0.3) is 0 Å². The molecule has 136 valence electrons. The van der Waals surface area contributed by atoms with Crippen LogP contribution in [0.15, 0.2) is 18.2 Å². The van der Waals surface area contributed by atoms with Gasteiger partial charge < -0.3 is 20.1 Å². The van der Waals surface area contributed by atoms with E-state index < -0.39 is 6.61 Å². The van der Waals surface area contributed by atoms with Gasteiger partial charge in [0.2, 0.25) is 5.91 Å². The summed E-state index contributed by atoms with van der Waals surface area (Å²) in [5, 5.41) is 5.92. The second-order valence-corrected chi connectivity index (χ2v) is 5.52. The van der Waals surface area contributed by atoms with Crippen molar-refractivity contribution in [2.24, 2.45) is 5.92 Å². The van der Waals surface area contributed by atoms with Gasteiger partial charge in [-0.05, 0) is 50.4 Å². The molecule has 0 spiro atoms. The van der Waals surface area contributed by atoms with E-state index in [0.717, 1.165) is 32.4 Å². The van der Waals surface area contributed by atoms with Crippen molar-refractivity contribution in [1.29, 1.82) is 0 Å². The fourth-order valence-corrected chi connectivity index (χ4v) is 2.65. The molecular weight excluding hydrogens is 342 g/mol. The van der Waals surface area contributed by atoms with E-state index in [9.17, 15) is 13.6 Å². The maximum Gasteiger partial charge on any atom is 0.387 e. The van der Waals surface area contributed by atoms with Crippen LogP contribution < -0.4 is 20.1 Å². The molecule has 1 heterocycles. The monoisotopic (exact) mass is 364 g/mol. The van der Waals surface area contributed by atoms with E-state index >= 15 is 0 Å². The number of alkyl halides is 2. The molecule has 0 aliphatic carbocycles. The van der Waals surface area contributed by atoms with Crippen molar-refractivity contribution in [3.63, 3.8) is 0 Å². The van der Waals surface area contributed by atoms with Crippen LogP contribution in [0.3, 0.4) is 0 Å². The first-order chi connectivity index (χ1) is 11.1. The summed E-state index contributed by atoms with van der Waals surface area (Å²) in [6.07, 6.45) is 3.27. The summed E-state index contributed by atoms with van der Waals surface area (Å²) in [5.74, 6) is 0.705. The van der Waals surface area contributed by atoms with Gasteiger partial charge in [-0.15, -0.1) is 12.4 Å². The zero-order chi connectivity index (χ0) is 16.7. The van der Waals surface area contributed by atoms with E-state index in [-0.39, 0.29) is 29.8 Å². The Labute approximate surface area is 146 Å². The summed E-state index contributed by atoms with van der Waals surface area (Å²) in [6, 6.07) is 4.33. The number of rotatable bonds is 7. The van der Waals surface area contributed by atoms with Gasteiger partial charge in [0.15, 0.2) is 0 Å². The highest BCUT2D eigenvalue weighted by Gasteiger charge is 2.16. The quantitative estimate of drug-likeness (QED) is 0.778. The van der Waals surface area contributed by atoms with Crippen molar-refractivity contribution in [1.82, 2.24) is 5.32 Å². The Morgan fingerprint density at radius 1 is 1.38 bits per heavy atom. The molecule has 1 aliphatic rings. The van der Waals surface area contributed by atoms with E-state index in [0.29, 0.717) is 18.1 Å². The largest absolute Gasteiger partial charge is 0.497 e. The number of halogens is 3. The Bertz CT molecular complexity index is 526. The third-order valence-corrected chi connectivity index (χ3v) is 3.92. The molecule has 1 amide bonds. The number of amides is 1. The van der Waals surface area contributed by atoms with Gasteiger partial charge in [-0.2, -0.15) is 8.78 Å². The van der Waals surface area contributed by atoms with E-state index in [1.165, 1.54) is 25.3 Å². The molecule has 0 unspecified atom stereocenters. The van der Waals surface area contributed by atoms with Crippen molar-refractivity contribution in [3.8, 4) is 11.5 Å². The van der Waals surface area contributed by atoms with Crippen LogP contribution in [0.2, 0.25) is 0 Å². The second kappa shape index (κ2) is 10.3. The van der Waals surface area contributed by atoms with Crippen LogP contribution in [0.4, 0.5) is 14.5 Å². The SMILES string of the molecule is COc1ccc(OC(F)F)c(NC(=O)CCC2CCNCC2)c1.Cl. The van der Waals surface area contributed by atoms with E-state index in [2.05, 4.69) is 15.4 Å². The molecule has 1 saturated heterocycles. The van der Waals surface area contributed by atoms with Crippen molar-refractivity contribution in [2.45, 2.75) is 32.3 Å². The summed E-state index contributed by atoms with van der Waals surface area (Å²) in [5.41, 5.74) is 0.194. The van der Waals surface area contributed by atoms with E-state index in [1.54, 1.807) is 0 Å². The Morgan fingerprint density at radius 3 is 2.71 bits per heavy atom. The van der Waals surface area contributed by atoms with Gasteiger partial charge in [0.05, 0.1) is 12.8 Å². The molecule has 8 heteroatoms. The van der Waals surface area contributed by atoms with Gasteiger partial charge in [-0.1, -0.05) is 0 Å². The normalized spacial score (nSPS) is 14.8. The zero-order valence-corrected chi connectivity index (χ0v) is 14.3. The fraction of sp³-hybridized carbons (Fsp3) is 0.562. The first kappa shape index (κ1) is 20.4. The number of hydrogen-bond donors (Lipinski definition) is 2. The molecule has 1 aromatic carbocycles. The molecule has 0 atom stereocenters. The Balaban J connectivity index is 0.00000288. The molecule has 0 bridgehead atoms. The molecule has 2 rings (SSSR count). The third kappa shape index (κ3) is 6.49. The number of anilines is 1. The van der Waals surface area contributed by atoms with Crippen LogP contribution in [-0.4, -0.2) is 32.7 Å². The lowest BCUT2D eigenvalue weighted by Gasteiger charge is -2.22. The van der Waals surface area contributed by atoms with Gasteiger partial charge in [0.1, 0.15) is 11.5 Å². The molecule has 1 aromatic rings. The van der Waals surface area contributed by atoms with Crippen molar-refractivity contribution < 1.29 is 23.0 Å². The fourth-order valence-electron chi connectivity index (χ4n) is 2.65. The standard InChI is InChI=1S/C16H22F2N2O3.ClH/c1-22-12-3-4-14(23-16(17)18)13(10-12)20-15(21)5-2-11-6-8-19-9-7-11;/h3-4,10-11,16,19H,2,5-9H2,1H3,(H,20,21);1H. The number of carbonyl (C=O) groups is 1. The van der Waals surface area contributed by atoms with E-state index in [1.807, 2.05) is 0 Å². The average molecular weight is 365 g/mol. The molecular formula is C16H23ClF2N2O3. The molecule has 1 fully saturated rings. The number of carbonyl (C=O) groups excluding carboxylic acids is 1. The molecule has 0 saturated carbocycles. The number of ether oxygens (including phenoxy) is 2. The predicted octanol–water partition coefficient (Wildman–Crippen LogP) is 3.44. The number of hydrogen-bond acceptors (Lipinski definition) is 4. The first-order valence-electron chi connectivity index (χ1n) is 7.72. The number of nitrogens with one attached hydrogen (secondary N) is 2. The summed E-state index contributed by atoms with van der Waals surface area (Å²) < 4.78 is 34.4. The minimum atomic E-state index is -2.95. The van der Waals surface area contributed by atoms with Crippen molar-refractivity contribution in [2.75, 3.05) is 25.5 Å². The highest BCUT2D eigenvalue weighted by molar-refractivity contribution is 5.92. The highest BCUT2D eigenvalue weighted by Crippen LogP contribution is 2.31. The van der Waals surface area contributed by atoms with E-state index in [4.69, 9.17) is 4.74 Å². The molecule has 0 radical (unpaired) electrons. The smallest absolute Gasteiger partial charge is 0.387 e. The van der Waals surface area contributed by atoms with Crippen molar-refractivity contribution in [3.05, 3.63) is 18.2 Å². The minimum absolute atomic E-state index is 0. The zero-order valence-electron chi connectivity index (χ0n) is 13.5. The van der Waals surface area contributed by atoms with Gasteiger partial charge in [-0.3, -0.25) is 4.79 Å². The van der Waals surface area contributed by atoms with Gasteiger partial charge >= 0.3 is 6.61 Å². The first-order valence-corrected chi connectivity index (χ1v) is 7.72. The van der Waals surface area contributed by atoms with Crippen LogP contribution in [0.5, 0.6) is 11.5 Å². The molecule has 1 aliphatic heterocycles.